The Morgan fingerprint density at radius 2 is 2.32 bits per heavy atom. The van der Waals surface area contributed by atoms with Gasteiger partial charge < -0.3 is 9.88 Å². The van der Waals surface area contributed by atoms with Crippen LogP contribution in [-0.4, -0.2) is 30.2 Å². The van der Waals surface area contributed by atoms with Crippen LogP contribution in [0.1, 0.15) is 45.0 Å². The van der Waals surface area contributed by atoms with E-state index in [4.69, 9.17) is 0 Å². The topological polar surface area (TPSA) is 77.6 Å². The lowest BCUT2D eigenvalue weighted by Crippen LogP contribution is -2.37. The Hall–Kier alpha value is -2.18. The van der Waals surface area contributed by atoms with Gasteiger partial charge in [0.1, 0.15) is 12.2 Å². The number of nitrogens with zero attached hydrogens (tertiary/aromatic N) is 5. The average Bonchev–Trinajstić information content (AvgIpc) is 2.89. The summed E-state index contributed by atoms with van der Waals surface area (Å²) in [7, 11) is 0. The fourth-order valence-corrected chi connectivity index (χ4v) is 2.74. The molecule has 1 amide bonds. The van der Waals surface area contributed by atoms with Crippen molar-refractivity contribution >= 4 is 5.91 Å². The molecule has 0 spiro atoms. The van der Waals surface area contributed by atoms with E-state index in [0.29, 0.717) is 6.54 Å². The molecule has 2 aromatic rings. The highest BCUT2D eigenvalue weighted by Gasteiger charge is 2.50. The molecular formula is C15H22N6O. The van der Waals surface area contributed by atoms with Gasteiger partial charge in [0.2, 0.25) is 5.91 Å². The Bertz CT molecular complexity index is 628. The summed E-state index contributed by atoms with van der Waals surface area (Å²) in [5.41, 5.74) is -0.287. The molecule has 0 bridgehead atoms. The van der Waals surface area contributed by atoms with Crippen molar-refractivity contribution in [3.05, 3.63) is 30.9 Å². The first-order valence-corrected chi connectivity index (χ1v) is 7.79. The molecule has 3 rings (SSSR count). The number of aromatic nitrogens is 5. The van der Waals surface area contributed by atoms with Gasteiger partial charge in [0.15, 0.2) is 0 Å². The fourth-order valence-electron chi connectivity index (χ4n) is 2.74. The third kappa shape index (κ3) is 2.88. The first-order chi connectivity index (χ1) is 10.6. The highest BCUT2D eigenvalue weighted by molar-refractivity contribution is 5.85. The molecule has 2 heterocycles. The van der Waals surface area contributed by atoms with E-state index in [1.54, 1.807) is 18.9 Å². The molecule has 1 atom stereocenters. The van der Waals surface area contributed by atoms with Crippen LogP contribution in [0.2, 0.25) is 0 Å². The van der Waals surface area contributed by atoms with Crippen LogP contribution < -0.4 is 5.32 Å². The molecular weight excluding hydrogens is 280 g/mol. The second-order valence-corrected chi connectivity index (χ2v) is 6.05. The lowest BCUT2D eigenvalue weighted by atomic mass is 10.1. The third-order valence-electron chi connectivity index (χ3n) is 4.20. The summed E-state index contributed by atoms with van der Waals surface area (Å²) in [5, 5.41) is 7.32. The summed E-state index contributed by atoms with van der Waals surface area (Å²) in [6.07, 6.45) is 9.78. The molecule has 1 saturated carbocycles. The fraction of sp³-hybridized carbons (Fsp3) is 0.600. The number of rotatable bonds is 7. The zero-order valence-electron chi connectivity index (χ0n) is 13.1. The van der Waals surface area contributed by atoms with Crippen LogP contribution in [0.25, 0.3) is 0 Å². The average molecular weight is 302 g/mol. The SMILES string of the molecule is CCCn1ncnc1C(C)NC(=O)C1(Cn2ccnc2)CC1. The first kappa shape index (κ1) is 14.7. The van der Waals surface area contributed by atoms with Gasteiger partial charge >= 0.3 is 0 Å². The van der Waals surface area contributed by atoms with Crippen molar-refractivity contribution in [3.8, 4) is 0 Å². The molecule has 1 fully saturated rings. The molecule has 1 aliphatic rings. The van der Waals surface area contributed by atoms with Crippen LogP contribution >= 0.6 is 0 Å². The van der Waals surface area contributed by atoms with Crippen LogP contribution in [0.4, 0.5) is 0 Å². The van der Waals surface area contributed by atoms with E-state index in [0.717, 1.165) is 31.6 Å². The maximum absolute atomic E-state index is 12.6. The van der Waals surface area contributed by atoms with Crippen molar-refractivity contribution in [1.82, 2.24) is 29.6 Å². The number of amides is 1. The molecule has 0 saturated heterocycles. The number of nitrogens with one attached hydrogen (secondary N) is 1. The number of carbonyl (C=O) groups excluding carboxylic acids is 1. The molecule has 0 aliphatic heterocycles. The van der Waals surface area contributed by atoms with Crippen molar-refractivity contribution in [1.29, 1.82) is 0 Å². The smallest absolute Gasteiger partial charge is 0.228 e. The molecule has 0 aromatic carbocycles. The van der Waals surface area contributed by atoms with Crippen molar-refractivity contribution in [3.63, 3.8) is 0 Å². The molecule has 2 aromatic heterocycles. The lowest BCUT2D eigenvalue weighted by Gasteiger charge is -2.20. The van der Waals surface area contributed by atoms with Gasteiger partial charge in [-0.05, 0) is 26.2 Å². The summed E-state index contributed by atoms with van der Waals surface area (Å²) in [5.74, 6) is 0.911. The number of hydrogen-bond acceptors (Lipinski definition) is 4. The van der Waals surface area contributed by atoms with Gasteiger partial charge in [-0.2, -0.15) is 5.10 Å². The third-order valence-corrected chi connectivity index (χ3v) is 4.20. The lowest BCUT2D eigenvalue weighted by molar-refractivity contribution is -0.127. The molecule has 1 aliphatic carbocycles. The Labute approximate surface area is 129 Å². The monoisotopic (exact) mass is 302 g/mol. The summed E-state index contributed by atoms with van der Waals surface area (Å²) >= 11 is 0. The second kappa shape index (κ2) is 5.90. The van der Waals surface area contributed by atoms with Gasteiger partial charge in [0.25, 0.3) is 0 Å². The Balaban J connectivity index is 1.65. The second-order valence-electron chi connectivity index (χ2n) is 6.05. The zero-order valence-corrected chi connectivity index (χ0v) is 13.1. The van der Waals surface area contributed by atoms with Gasteiger partial charge in [-0.3, -0.25) is 4.79 Å². The van der Waals surface area contributed by atoms with E-state index in [9.17, 15) is 4.79 Å². The predicted molar refractivity (Wildman–Crippen MR) is 80.8 cm³/mol. The maximum Gasteiger partial charge on any atom is 0.228 e. The summed E-state index contributed by atoms with van der Waals surface area (Å²) in [6, 6.07) is -0.137. The summed E-state index contributed by atoms with van der Waals surface area (Å²) < 4.78 is 3.83. The maximum atomic E-state index is 12.6. The number of hydrogen-bond donors (Lipinski definition) is 1. The van der Waals surface area contributed by atoms with Crippen molar-refractivity contribution in [2.24, 2.45) is 5.41 Å². The minimum atomic E-state index is -0.287. The van der Waals surface area contributed by atoms with Gasteiger partial charge in [-0.15, -0.1) is 0 Å². The summed E-state index contributed by atoms with van der Waals surface area (Å²) in [6.45, 7) is 5.56. The van der Waals surface area contributed by atoms with E-state index in [2.05, 4.69) is 27.3 Å². The van der Waals surface area contributed by atoms with Crippen molar-refractivity contribution < 1.29 is 4.79 Å². The molecule has 1 N–H and O–H groups in total. The van der Waals surface area contributed by atoms with Crippen LogP contribution in [-0.2, 0) is 17.9 Å². The first-order valence-electron chi connectivity index (χ1n) is 7.79. The van der Waals surface area contributed by atoms with Crippen LogP contribution in [0.5, 0.6) is 0 Å². The van der Waals surface area contributed by atoms with E-state index in [-0.39, 0.29) is 17.4 Å². The van der Waals surface area contributed by atoms with Gasteiger partial charge in [-0.1, -0.05) is 6.92 Å². The molecule has 7 heteroatoms. The highest BCUT2D eigenvalue weighted by atomic mass is 16.2. The van der Waals surface area contributed by atoms with Gasteiger partial charge in [0.05, 0.1) is 17.8 Å². The van der Waals surface area contributed by atoms with Crippen molar-refractivity contribution in [2.45, 2.75) is 52.2 Å². The zero-order chi connectivity index (χ0) is 15.6. The molecule has 7 nitrogen and oxygen atoms in total. The normalized spacial score (nSPS) is 17.2. The van der Waals surface area contributed by atoms with E-state index in [1.165, 1.54) is 0 Å². The number of aryl methyl sites for hydroxylation is 1. The standard InChI is InChI=1S/C15H22N6O/c1-3-7-21-13(17-10-18-21)12(2)19-14(22)15(4-5-15)9-20-8-6-16-11-20/h6,8,10-12H,3-5,7,9H2,1-2H3,(H,19,22). The largest absolute Gasteiger partial charge is 0.346 e. The minimum Gasteiger partial charge on any atom is -0.346 e. The number of imidazole rings is 1. The predicted octanol–water partition coefficient (Wildman–Crippen LogP) is 1.54. The molecule has 22 heavy (non-hydrogen) atoms. The quantitative estimate of drug-likeness (QED) is 0.841. The van der Waals surface area contributed by atoms with Crippen molar-refractivity contribution in [2.75, 3.05) is 0 Å². The highest BCUT2D eigenvalue weighted by Crippen LogP contribution is 2.47. The van der Waals surface area contributed by atoms with Crippen LogP contribution in [0, 0.1) is 5.41 Å². The van der Waals surface area contributed by atoms with Gasteiger partial charge in [0, 0.05) is 25.5 Å². The molecule has 118 valence electrons. The van der Waals surface area contributed by atoms with E-state index >= 15 is 0 Å². The number of carbonyl (C=O) groups is 1. The molecule has 0 radical (unpaired) electrons. The van der Waals surface area contributed by atoms with Gasteiger partial charge in [-0.25, -0.2) is 14.6 Å². The van der Waals surface area contributed by atoms with E-state index < -0.39 is 0 Å². The molecule has 1 unspecified atom stereocenters. The Morgan fingerprint density at radius 3 is 2.95 bits per heavy atom. The van der Waals surface area contributed by atoms with Crippen LogP contribution in [0.15, 0.2) is 25.0 Å². The van der Waals surface area contributed by atoms with Crippen LogP contribution in [0.3, 0.4) is 0 Å². The Morgan fingerprint density at radius 1 is 1.50 bits per heavy atom. The van der Waals surface area contributed by atoms with E-state index in [1.807, 2.05) is 22.4 Å². The summed E-state index contributed by atoms with van der Waals surface area (Å²) in [4.78, 5) is 21.0. The Kier molecular flexibility index (Phi) is 3.96. The minimum absolute atomic E-state index is 0.0970.